The summed E-state index contributed by atoms with van der Waals surface area (Å²) in [4.78, 5) is 28.4. The highest BCUT2D eigenvalue weighted by Crippen LogP contribution is 2.23. The van der Waals surface area contributed by atoms with Gasteiger partial charge >= 0.3 is 0 Å². The van der Waals surface area contributed by atoms with Gasteiger partial charge in [-0.3, -0.25) is 14.5 Å². The molecule has 120 valence electrons. The monoisotopic (exact) mass is 321 g/mol. The molecule has 2 saturated heterocycles. The van der Waals surface area contributed by atoms with Crippen LogP contribution in [0.1, 0.15) is 23.2 Å². The molecule has 0 unspecified atom stereocenters. The van der Waals surface area contributed by atoms with Crippen LogP contribution < -0.4 is 5.56 Å². The Hall–Kier alpha value is -1.27. The van der Waals surface area contributed by atoms with Crippen molar-refractivity contribution in [3.63, 3.8) is 0 Å². The van der Waals surface area contributed by atoms with Gasteiger partial charge in [-0.15, -0.1) is 0 Å². The van der Waals surface area contributed by atoms with E-state index >= 15 is 0 Å². The average Bonchev–Trinajstić information content (AvgIpc) is 2.58. The first kappa shape index (κ1) is 15.6. The summed E-state index contributed by atoms with van der Waals surface area (Å²) < 4.78 is 1.46. The Balaban J connectivity index is 1.59. The van der Waals surface area contributed by atoms with Crippen LogP contribution in [0.4, 0.5) is 0 Å². The van der Waals surface area contributed by atoms with Gasteiger partial charge in [0.05, 0.1) is 5.56 Å². The van der Waals surface area contributed by atoms with E-state index in [4.69, 9.17) is 0 Å². The first-order valence-corrected chi connectivity index (χ1v) is 9.08. The van der Waals surface area contributed by atoms with Gasteiger partial charge in [-0.1, -0.05) is 0 Å². The second-order valence-corrected chi connectivity index (χ2v) is 7.26. The van der Waals surface area contributed by atoms with E-state index in [0.29, 0.717) is 11.6 Å². The van der Waals surface area contributed by atoms with E-state index in [1.807, 2.05) is 16.7 Å². The van der Waals surface area contributed by atoms with Gasteiger partial charge in [0.15, 0.2) is 0 Å². The van der Waals surface area contributed by atoms with Crippen LogP contribution >= 0.6 is 11.8 Å². The van der Waals surface area contributed by atoms with Gasteiger partial charge in [0.2, 0.25) is 5.56 Å². The zero-order chi connectivity index (χ0) is 15.5. The molecule has 0 aliphatic carbocycles. The molecule has 0 radical (unpaired) electrons. The normalized spacial score (nSPS) is 21.0. The highest BCUT2D eigenvalue weighted by atomic mass is 32.2. The maximum Gasteiger partial charge on any atom is 0.255 e. The van der Waals surface area contributed by atoms with Crippen molar-refractivity contribution in [2.24, 2.45) is 7.05 Å². The molecule has 5 nitrogen and oxygen atoms in total. The highest BCUT2D eigenvalue weighted by Gasteiger charge is 2.27. The molecular formula is C16H23N3O2S. The Morgan fingerprint density at radius 3 is 2.45 bits per heavy atom. The predicted octanol–water partition coefficient (Wildman–Crippen LogP) is 1.04. The smallest absolute Gasteiger partial charge is 0.255 e. The molecule has 0 spiro atoms. The molecule has 3 heterocycles. The molecule has 3 rings (SSSR count). The number of thioether (sulfide) groups is 1. The number of hydrogen-bond acceptors (Lipinski definition) is 4. The Morgan fingerprint density at radius 2 is 1.82 bits per heavy atom. The van der Waals surface area contributed by atoms with E-state index in [1.165, 1.54) is 35.0 Å². The summed E-state index contributed by atoms with van der Waals surface area (Å²) in [7, 11) is 1.68. The molecule has 6 heteroatoms. The summed E-state index contributed by atoms with van der Waals surface area (Å²) in [5, 5.41) is 0. The average molecular weight is 321 g/mol. The van der Waals surface area contributed by atoms with Crippen molar-refractivity contribution in [3.05, 3.63) is 34.2 Å². The van der Waals surface area contributed by atoms with E-state index in [-0.39, 0.29) is 11.5 Å². The molecular weight excluding hydrogens is 298 g/mol. The number of nitrogens with zero attached hydrogens (tertiary/aromatic N) is 3. The largest absolute Gasteiger partial charge is 0.336 e. The van der Waals surface area contributed by atoms with Crippen LogP contribution in [0.25, 0.3) is 0 Å². The lowest BCUT2D eigenvalue weighted by Gasteiger charge is -2.40. The second-order valence-electron chi connectivity index (χ2n) is 6.04. The fourth-order valence-corrected chi connectivity index (χ4v) is 4.33. The number of pyridine rings is 1. The van der Waals surface area contributed by atoms with E-state index in [2.05, 4.69) is 4.90 Å². The van der Waals surface area contributed by atoms with Crippen LogP contribution in [-0.4, -0.2) is 64.0 Å². The molecule has 2 fully saturated rings. The van der Waals surface area contributed by atoms with Crippen molar-refractivity contribution in [2.75, 3.05) is 37.7 Å². The summed E-state index contributed by atoms with van der Waals surface area (Å²) in [5.41, 5.74) is 0.515. The van der Waals surface area contributed by atoms with Crippen LogP contribution in [0.3, 0.4) is 0 Å². The molecule has 0 aromatic carbocycles. The molecule has 22 heavy (non-hydrogen) atoms. The standard InChI is InChI=1S/C16H23N3O2S/c1-17-12-13(2-3-15(17)20)16(21)19-8-6-18(7-9-19)14-4-10-22-11-5-14/h2-3,12,14H,4-11H2,1H3. The third kappa shape index (κ3) is 3.38. The summed E-state index contributed by atoms with van der Waals surface area (Å²) in [6.07, 6.45) is 4.19. The second kappa shape index (κ2) is 6.87. The first-order chi connectivity index (χ1) is 10.6. The third-order valence-electron chi connectivity index (χ3n) is 4.64. The van der Waals surface area contributed by atoms with Gasteiger partial charge in [-0.25, -0.2) is 0 Å². The van der Waals surface area contributed by atoms with Crippen LogP contribution in [0.2, 0.25) is 0 Å². The molecule has 1 aromatic heterocycles. The van der Waals surface area contributed by atoms with Crippen molar-refractivity contribution >= 4 is 17.7 Å². The summed E-state index contributed by atoms with van der Waals surface area (Å²) >= 11 is 2.05. The third-order valence-corrected chi connectivity index (χ3v) is 5.69. The first-order valence-electron chi connectivity index (χ1n) is 7.93. The minimum Gasteiger partial charge on any atom is -0.336 e. The zero-order valence-electron chi connectivity index (χ0n) is 13.0. The minimum absolute atomic E-state index is 0.0365. The maximum atomic E-state index is 12.5. The highest BCUT2D eigenvalue weighted by molar-refractivity contribution is 7.99. The summed E-state index contributed by atoms with van der Waals surface area (Å²) in [6.45, 7) is 3.50. The molecule has 0 saturated carbocycles. The van der Waals surface area contributed by atoms with E-state index < -0.39 is 0 Å². The minimum atomic E-state index is -0.0865. The fraction of sp³-hybridized carbons (Fsp3) is 0.625. The van der Waals surface area contributed by atoms with Crippen LogP contribution in [-0.2, 0) is 7.05 Å². The van der Waals surface area contributed by atoms with Gasteiger partial charge in [0, 0.05) is 51.5 Å². The lowest BCUT2D eigenvalue weighted by Crippen LogP contribution is -2.52. The van der Waals surface area contributed by atoms with Crippen molar-refractivity contribution < 1.29 is 4.79 Å². The lowest BCUT2D eigenvalue weighted by atomic mass is 10.1. The molecule has 0 N–H and O–H groups in total. The van der Waals surface area contributed by atoms with Crippen molar-refractivity contribution in [1.82, 2.24) is 14.4 Å². The quantitative estimate of drug-likeness (QED) is 0.816. The Kier molecular flexibility index (Phi) is 4.88. The summed E-state index contributed by atoms with van der Waals surface area (Å²) in [6, 6.07) is 3.80. The number of piperazine rings is 1. The number of hydrogen-bond donors (Lipinski definition) is 0. The van der Waals surface area contributed by atoms with Crippen molar-refractivity contribution in [3.8, 4) is 0 Å². The van der Waals surface area contributed by atoms with Gasteiger partial charge in [0.1, 0.15) is 0 Å². The number of amides is 1. The van der Waals surface area contributed by atoms with Gasteiger partial charge < -0.3 is 9.47 Å². The van der Waals surface area contributed by atoms with E-state index in [1.54, 1.807) is 19.3 Å². The van der Waals surface area contributed by atoms with Crippen molar-refractivity contribution in [2.45, 2.75) is 18.9 Å². The number of aromatic nitrogens is 1. The Bertz CT molecular complexity index is 587. The van der Waals surface area contributed by atoms with Crippen LogP contribution in [0.15, 0.2) is 23.1 Å². The Morgan fingerprint density at radius 1 is 1.14 bits per heavy atom. The number of carbonyl (C=O) groups is 1. The van der Waals surface area contributed by atoms with Gasteiger partial charge in [-0.05, 0) is 30.4 Å². The topological polar surface area (TPSA) is 45.6 Å². The SMILES string of the molecule is Cn1cc(C(=O)N2CCN(C3CCSCC3)CC2)ccc1=O. The van der Waals surface area contributed by atoms with Crippen molar-refractivity contribution in [1.29, 1.82) is 0 Å². The molecule has 2 aliphatic rings. The van der Waals surface area contributed by atoms with E-state index in [0.717, 1.165) is 26.2 Å². The molecule has 2 aliphatic heterocycles. The van der Waals surface area contributed by atoms with Crippen LogP contribution in [0.5, 0.6) is 0 Å². The number of rotatable bonds is 2. The van der Waals surface area contributed by atoms with Gasteiger partial charge in [0.25, 0.3) is 5.91 Å². The number of aryl methyl sites for hydroxylation is 1. The predicted molar refractivity (Wildman–Crippen MR) is 89.5 cm³/mol. The Labute approximate surface area is 135 Å². The molecule has 0 bridgehead atoms. The number of carbonyl (C=O) groups excluding carboxylic acids is 1. The molecule has 0 atom stereocenters. The van der Waals surface area contributed by atoms with E-state index in [9.17, 15) is 9.59 Å². The van der Waals surface area contributed by atoms with Crippen LogP contribution in [0, 0.1) is 0 Å². The lowest BCUT2D eigenvalue weighted by molar-refractivity contribution is 0.0558. The summed E-state index contributed by atoms with van der Waals surface area (Å²) in [5.74, 6) is 2.57. The zero-order valence-corrected chi connectivity index (χ0v) is 13.8. The molecule has 1 amide bonds. The maximum absolute atomic E-state index is 12.5. The van der Waals surface area contributed by atoms with Gasteiger partial charge in [-0.2, -0.15) is 11.8 Å². The molecule has 1 aromatic rings. The fourth-order valence-electron chi connectivity index (χ4n) is 3.24.